The Morgan fingerprint density at radius 2 is 1.62 bits per heavy atom. The summed E-state index contributed by atoms with van der Waals surface area (Å²) in [4.78, 5) is 41.8. The molecular weight excluding hydrogens is 430 g/mol. The van der Waals surface area contributed by atoms with Crippen LogP contribution in [-0.4, -0.2) is 46.5 Å². The van der Waals surface area contributed by atoms with Crippen molar-refractivity contribution in [1.82, 2.24) is 15.5 Å². The molecule has 1 aliphatic rings. The molecule has 0 bridgehead atoms. The van der Waals surface area contributed by atoms with Crippen molar-refractivity contribution in [3.05, 3.63) is 35.4 Å². The third kappa shape index (κ3) is 7.74. The van der Waals surface area contributed by atoms with Crippen LogP contribution >= 0.6 is 0 Å². The number of carbonyl (C=O) groups is 3. The number of hydrogen-bond acceptors (Lipinski definition) is 4. The van der Waals surface area contributed by atoms with Crippen LogP contribution in [-0.2, 0) is 20.7 Å². The van der Waals surface area contributed by atoms with Crippen molar-refractivity contribution in [3.8, 4) is 0 Å². The first kappa shape index (κ1) is 27.7. The van der Waals surface area contributed by atoms with Crippen LogP contribution in [0.2, 0.25) is 0 Å². The minimum atomic E-state index is -0.787. The molecule has 2 N–H and O–H groups in total. The van der Waals surface area contributed by atoms with Crippen molar-refractivity contribution in [2.45, 2.75) is 111 Å². The molecule has 1 fully saturated rings. The summed E-state index contributed by atoms with van der Waals surface area (Å²) in [5, 5.41) is 5.80. The van der Waals surface area contributed by atoms with E-state index in [-0.39, 0.29) is 29.8 Å². The second-order valence-electron chi connectivity index (χ2n) is 10.6. The van der Waals surface area contributed by atoms with Gasteiger partial charge >= 0.3 is 6.09 Å². The second kappa shape index (κ2) is 11.7. The lowest BCUT2D eigenvalue weighted by molar-refractivity contribution is -0.144. The first-order valence-corrected chi connectivity index (χ1v) is 12.6. The zero-order valence-electron chi connectivity index (χ0n) is 22.1. The van der Waals surface area contributed by atoms with E-state index in [1.165, 1.54) is 5.56 Å². The normalized spacial score (nSPS) is 16.4. The summed E-state index contributed by atoms with van der Waals surface area (Å²) in [6.45, 7) is 15.2. The number of hydrogen-bond donors (Lipinski definition) is 2. The highest BCUT2D eigenvalue weighted by atomic mass is 16.6. The number of nitrogens with one attached hydrogen (secondary N) is 2. The SMILES string of the molecule is CCc1ccc(C(C(=O)NC(C)C)N(C(=O)C(NC(=O)OC(C)(C)C)C(C)CC)C2CC2)cc1. The number of nitrogens with zero attached hydrogens (tertiary/aromatic N) is 1. The molecule has 0 radical (unpaired) electrons. The Kier molecular flexibility index (Phi) is 9.54. The summed E-state index contributed by atoms with van der Waals surface area (Å²) in [6, 6.07) is 6.23. The first-order chi connectivity index (χ1) is 15.9. The lowest BCUT2D eigenvalue weighted by Crippen LogP contribution is -2.56. The third-order valence-electron chi connectivity index (χ3n) is 6.01. The van der Waals surface area contributed by atoms with Crippen LogP contribution in [0.15, 0.2) is 24.3 Å². The fraction of sp³-hybridized carbons (Fsp3) is 0.667. The minimum absolute atomic E-state index is 0.0340. The van der Waals surface area contributed by atoms with Crippen molar-refractivity contribution >= 4 is 17.9 Å². The number of rotatable bonds is 10. The molecule has 1 aromatic rings. The predicted octanol–water partition coefficient (Wildman–Crippen LogP) is 4.75. The number of carbonyl (C=O) groups excluding carboxylic acids is 3. The van der Waals surface area contributed by atoms with Crippen LogP contribution < -0.4 is 10.6 Å². The molecule has 1 aromatic carbocycles. The summed E-state index contributed by atoms with van der Waals surface area (Å²) in [7, 11) is 0. The van der Waals surface area contributed by atoms with Gasteiger partial charge in [-0.2, -0.15) is 0 Å². The Morgan fingerprint density at radius 3 is 2.06 bits per heavy atom. The largest absolute Gasteiger partial charge is 0.444 e. The topological polar surface area (TPSA) is 87.7 Å². The lowest BCUT2D eigenvalue weighted by atomic mass is 9.95. The molecule has 1 saturated carbocycles. The summed E-state index contributed by atoms with van der Waals surface area (Å²) in [5.41, 5.74) is 1.26. The van der Waals surface area contributed by atoms with Crippen molar-refractivity contribution in [2.24, 2.45) is 5.92 Å². The van der Waals surface area contributed by atoms with E-state index in [9.17, 15) is 14.4 Å². The maximum Gasteiger partial charge on any atom is 0.408 e. The number of amides is 3. The van der Waals surface area contributed by atoms with Crippen molar-refractivity contribution < 1.29 is 19.1 Å². The van der Waals surface area contributed by atoms with Crippen LogP contribution in [0.5, 0.6) is 0 Å². The van der Waals surface area contributed by atoms with Gasteiger partial charge in [-0.1, -0.05) is 51.5 Å². The Labute approximate surface area is 205 Å². The van der Waals surface area contributed by atoms with Gasteiger partial charge in [0.15, 0.2) is 0 Å². The van der Waals surface area contributed by atoms with Gasteiger partial charge in [-0.05, 0) is 70.9 Å². The molecule has 34 heavy (non-hydrogen) atoms. The molecule has 190 valence electrons. The molecule has 0 aliphatic heterocycles. The number of aryl methyl sites for hydroxylation is 1. The van der Waals surface area contributed by atoms with Gasteiger partial charge in [0, 0.05) is 12.1 Å². The zero-order valence-corrected chi connectivity index (χ0v) is 22.1. The molecule has 3 unspecified atom stereocenters. The van der Waals surface area contributed by atoms with E-state index in [4.69, 9.17) is 4.74 Å². The number of benzene rings is 1. The highest BCUT2D eigenvalue weighted by Crippen LogP contribution is 2.36. The Morgan fingerprint density at radius 1 is 1.03 bits per heavy atom. The zero-order chi connectivity index (χ0) is 25.6. The highest BCUT2D eigenvalue weighted by molar-refractivity contribution is 5.92. The maximum absolute atomic E-state index is 14.0. The summed E-state index contributed by atoms with van der Waals surface area (Å²) in [5.74, 6) is -0.580. The average molecular weight is 474 g/mol. The fourth-order valence-electron chi connectivity index (χ4n) is 3.89. The van der Waals surface area contributed by atoms with Crippen molar-refractivity contribution in [1.29, 1.82) is 0 Å². The standard InChI is InChI=1S/C27H43N3O4/c1-9-18(5)22(29-26(33)34-27(6,7)8)25(32)30(21-15-16-21)23(24(31)28-17(3)4)20-13-11-19(10-2)12-14-20/h11-14,17-18,21-23H,9-10,15-16H2,1-8H3,(H,28,31)(H,29,33). The molecule has 0 spiro atoms. The van der Waals surface area contributed by atoms with Gasteiger partial charge in [-0.15, -0.1) is 0 Å². The molecule has 3 atom stereocenters. The summed E-state index contributed by atoms with van der Waals surface area (Å²) >= 11 is 0. The van der Waals surface area contributed by atoms with Gasteiger partial charge < -0.3 is 20.3 Å². The van der Waals surface area contributed by atoms with Crippen LogP contribution in [0.1, 0.15) is 91.8 Å². The van der Waals surface area contributed by atoms with E-state index < -0.39 is 23.8 Å². The minimum Gasteiger partial charge on any atom is -0.444 e. The Bertz CT molecular complexity index is 840. The molecular formula is C27H43N3O4. The maximum atomic E-state index is 14.0. The second-order valence-corrected chi connectivity index (χ2v) is 10.6. The van der Waals surface area contributed by atoms with E-state index in [2.05, 4.69) is 17.6 Å². The molecule has 7 heteroatoms. The molecule has 7 nitrogen and oxygen atoms in total. The fourth-order valence-corrected chi connectivity index (χ4v) is 3.89. The van der Waals surface area contributed by atoms with Crippen LogP contribution in [0.3, 0.4) is 0 Å². The van der Waals surface area contributed by atoms with Crippen molar-refractivity contribution in [2.75, 3.05) is 0 Å². The number of alkyl carbamates (subject to hydrolysis) is 1. The van der Waals surface area contributed by atoms with E-state index in [1.54, 1.807) is 25.7 Å². The summed E-state index contributed by atoms with van der Waals surface area (Å²) in [6.07, 6.45) is 2.63. The van der Waals surface area contributed by atoms with Gasteiger partial charge in [-0.3, -0.25) is 9.59 Å². The van der Waals surface area contributed by atoms with E-state index in [1.807, 2.05) is 52.0 Å². The first-order valence-electron chi connectivity index (χ1n) is 12.6. The van der Waals surface area contributed by atoms with E-state index in [0.717, 1.165) is 24.8 Å². The van der Waals surface area contributed by atoms with E-state index >= 15 is 0 Å². The summed E-state index contributed by atoms with van der Waals surface area (Å²) < 4.78 is 5.44. The third-order valence-corrected chi connectivity index (χ3v) is 6.01. The van der Waals surface area contributed by atoms with Crippen molar-refractivity contribution in [3.63, 3.8) is 0 Å². The molecule has 0 saturated heterocycles. The monoisotopic (exact) mass is 473 g/mol. The molecule has 2 rings (SSSR count). The molecule has 3 amide bonds. The van der Waals surface area contributed by atoms with E-state index in [0.29, 0.717) is 6.42 Å². The molecule has 1 aliphatic carbocycles. The lowest BCUT2D eigenvalue weighted by Gasteiger charge is -2.36. The van der Waals surface area contributed by atoms with Crippen LogP contribution in [0.4, 0.5) is 4.79 Å². The smallest absolute Gasteiger partial charge is 0.408 e. The average Bonchev–Trinajstić information content (AvgIpc) is 3.58. The quantitative estimate of drug-likeness (QED) is 0.514. The number of ether oxygens (including phenoxy) is 1. The van der Waals surface area contributed by atoms with Gasteiger partial charge in [0.05, 0.1) is 0 Å². The predicted molar refractivity (Wildman–Crippen MR) is 134 cm³/mol. The van der Waals surface area contributed by atoms with Gasteiger partial charge in [0.1, 0.15) is 17.7 Å². The van der Waals surface area contributed by atoms with Gasteiger partial charge in [-0.25, -0.2) is 4.79 Å². The van der Waals surface area contributed by atoms with Gasteiger partial charge in [0.2, 0.25) is 11.8 Å². The highest BCUT2D eigenvalue weighted by Gasteiger charge is 2.45. The van der Waals surface area contributed by atoms with Crippen LogP contribution in [0.25, 0.3) is 0 Å². The Balaban J connectivity index is 2.45. The van der Waals surface area contributed by atoms with Crippen LogP contribution in [0, 0.1) is 5.92 Å². The van der Waals surface area contributed by atoms with Gasteiger partial charge in [0.25, 0.3) is 0 Å². The Hall–Kier alpha value is -2.57. The molecule has 0 heterocycles. The molecule has 0 aromatic heterocycles.